The molecule has 0 atom stereocenters. The maximum atomic E-state index is 13.3. The predicted molar refractivity (Wildman–Crippen MR) is 110 cm³/mol. The van der Waals surface area contributed by atoms with Crippen molar-refractivity contribution in [2.24, 2.45) is 0 Å². The third-order valence-corrected chi connectivity index (χ3v) is 6.05. The highest BCUT2D eigenvalue weighted by molar-refractivity contribution is 8.00. The molecule has 0 bridgehead atoms. The first-order valence-corrected chi connectivity index (χ1v) is 10.3. The third-order valence-electron chi connectivity index (χ3n) is 4.04. The van der Waals surface area contributed by atoms with Gasteiger partial charge in [0, 0.05) is 5.02 Å². The van der Waals surface area contributed by atoms with Crippen LogP contribution < -0.4 is 4.74 Å². The number of carbonyl (C=O) groups excluding carboxylic acids is 1. The lowest BCUT2D eigenvalue weighted by Crippen LogP contribution is -2.04. The summed E-state index contributed by atoms with van der Waals surface area (Å²) in [7, 11) is -1.26. The molecule has 0 fully saturated rings. The molecule has 8 heteroatoms. The van der Waals surface area contributed by atoms with Crippen LogP contribution in [0.4, 0.5) is 0 Å². The Bertz CT molecular complexity index is 1160. The maximum absolute atomic E-state index is 13.3. The van der Waals surface area contributed by atoms with E-state index in [1.54, 1.807) is 36.4 Å². The van der Waals surface area contributed by atoms with E-state index in [-0.39, 0.29) is 26.3 Å². The van der Waals surface area contributed by atoms with Gasteiger partial charge in [0.25, 0.3) is 0 Å². The molecule has 0 saturated heterocycles. The van der Waals surface area contributed by atoms with Gasteiger partial charge in [-0.25, -0.2) is 13.2 Å². The predicted octanol–water partition coefficient (Wildman–Crippen LogP) is 4.70. The van der Waals surface area contributed by atoms with Crippen molar-refractivity contribution in [1.29, 1.82) is 0 Å². The summed E-state index contributed by atoms with van der Waals surface area (Å²) in [6, 6.07) is 15.5. The van der Waals surface area contributed by atoms with Gasteiger partial charge in [-0.2, -0.15) is 0 Å². The molecule has 0 unspecified atom stereocenters. The molecule has 0 aliphatic carbocycles. The Morgan fingerprint density at radius 2 is 1.69 bits per heavy atom. The Morgan fingerprint density at radius 1 is 1.00 bits per heavy atom. The summed E-state index contributed by atoms with van der Waals surface area (Å²) in [5.41, 5.74) is 0.599. The number of methoxy groups -OCH3 is 2. The number of rotatable bonds is 6. The quantitative estimate of drug-likeness (QED) is 0.525. The number of carbonyl (C=O) groups is 1. The van der Waals surface area contributed by atoms with E-state index in [1.165, 1.54) is 44.6 Å². The van der Waals surface area contributed by atoms with Crippen molar-refractivity contribution < 1.29 is 27.1 Å². The first-order chi connectivity index (χ1) is 13.8. The van der Waals surface area contributed by atoms with E-state index in [4.69, 9.17) is 20.8 Å². The van der Waals surface area contributed by atoms with Gasteiger partial charge < -0.3 is 13.9 Å². The Labute approximate surface area is 173 Å². The largest absolute Gasteiger partial charge is 0.497 e. The fraction of sp³-hybridized carbons (Fsp3) is 0.0952. The van der Waals surface area contributed by atoms with Crippen molar-refractivity contribution >= 4 is 38.4 Å². The van der Waals surface area contributed by atoms with Gasteiger partial charge in [0.2, 0.25) is 15.6 Å². The van der Waals surface area contributed by atoms with Crippen LogP contribution in [0.3, 0.4) is 0 Å². The lowest BCUT2D eigenvalue weighted by Gasteiger charge is -2.09. The highest BCUT2D eigenvalue weighted by atomic mass is 35.5. The van der Waals surface area contributed by atoms with Crippen molar-refractivity contribution in [2.45, 2.75) is 4.90 Å². The van der Waals surface area contributed by atoms with Crippen molar-refractivity contribution in [3.63, 3.8) is 0 Å². The van der Waals surface area contributed by atoms with E-state index in [0.29, 0.717) is 11.3 Å². The van der Waals surface area contributed by atoms with E-state index in [9.17, 15) is 13.2 Å². The van der Waals surface area contributed by atoms with Gasteiger partial charge in [-0.3, -0.25) is 0 Å². The molecule has 3 rings (SSSR count). The van der Waals surface area contributed by atoms with Crippen LogP contribution in [0.5, 0.6) is 5.75 Å². The first kappa shape index (κ1) is 20.7. The summed E-state index contributed by atoms with van der Waals surface area (Å²) in [4.78, 5) is 11.6. The van der Waals surface area contributed by atoms with Crippen molar-refractivity contribution in [3.8, 4) is 5.75 Å². The van der Waals surface area contributed by atoms with Crippen molar-refractivity contribution in [3.05, 3.63) is 82.8 Å². The number of ether oxygens (including phenoxy) is 2. The molecule has 0 radical (unpaired) electrons. The number of benzene rings is 2. The molecule has 150 valence electrons. The minimum Gasteiger partial charge on any atom is -0.497 e. The van der Waals surface area contributed by atoms with Crippen LogP contribution in [0.25, 0.3) is 11.0 Å². The van der Waals surface area contributed by atoms with Gasteiger partial charge in [0.05, 0.1) is 19.1 Å². The van der Waals surface area contributed by atoms with E-state index in [0.717, 1.165) is 0 Å². The summed E-state index contributed by atoms with van der Waals surface area (Å²) in [5, 5.41) is 0.282. The Morgan fingerprint density at radius 3 is 2.31 bits per heavy atom. The molecule has 29 heavy (non-hydrogen) atoms. The molecule has 6 nitrogen and oxygen atoms in total. The second kappa shape index (κ2) is 8.55. The molecule has 0 aliphatic heterocycles. The molecule has 0 aliphatic rings. The molecule has 2 aromatic carbocycles. The van der Waals surface area contributed by atoms with E-state index in [1.807, 2.05) is 0 Å². The lowest BCUT2D eigenvalue weighted by atomic mass is 10.2. The average molecular weight is 433 g/mol. The smallest absolute Gasteiger partial charge is 0.373 e. The van der Waals surface area contributed by atoms with Gasteiger partial charge >= 0.3 is 5.97 Å². The summed E-state index contributed by atoms with van der Waals surface area (Å²) < 4.78 is 41.9. The van der Waals surface area contributed by atoms with Crippen molar-refractivity contribution in [2.75, 3.05) is 14.2 Å². The third kappa shape index (κ3) is 4.52. The molecule has 0 saturated carbocycles. The zero-order valence-corrected chi connectivity index (χ0v) is 17.2. The van der Waals surface area contributed by atoms with Crippen LogP contribution in [0.15, 0.2) is 70.0 Å². The minimum absolute atomic E-state index is 0.000722. The molecule has 0 amide bonds. The fourth-order valence-electron chi connectivity index (χ4n) is 2.57. The SMILES string of the molecule is COC(=O)c1ccc(/C(=C\c2ccc(OC)cc2)S(=O)(=O)c2cccc(Cl)c2)o1. The molecule has 0 N–H and O–H groups in total. The maximum Gasteiger partial charge on any atom is 0.373 e. The molecule has 1 heterocycles. The first-order valence-electron chi connectivity index (χ1n) is 8.40. The second-order valence-electron chi connectivity index (χ2n) is 5.90. The van der Waals surface area contributed by atoms with Gasteiger partial charge in [-0.1, -0.05) is 29.8 Å². The number of furan rings is 1. The summed E-state index contributed by atoms with van der Waals surface area (Å²) in [6.45, 7) is 0. The molecule has 3 aromatic rings. The summed E-state index contributed by atoms with van der Waals surface area (Å²) in [6.07, 6.45) is 1.45. The highest BCUT2D eigenvalue weighted by Gasteiger charge is 2.26. The Kier molecular flexibility index (Phi) is 6.10. The Balaban J connectivity index is 2.16. The van der Waals surface area contributed by atoms with Gasteiger partial charge in [-0.05, 0) is 54.1 Å². The number of hydrogen-bond donors (Lipinski definition) is 0. The van der Waals surface area contributed by atoms with Crippen LogP contribution in [0.1, 0.15) is 21.9 Å². The van der Waals surface area contributed by atoms with Gasteiger partial charge in [0.15, 0.2) is 0 Å². The Hall–Kier alpha value is -3.03. The lowest BCUT2D eigenvalue weighted by molar-refractivity contribution is 0.0564. The molecular weight excluding hydrogens is 416 g/mol. The van der Waals surface area contributed by atoms with Gasteiger partial charge in [-0.15, -0.1) is 0 Å². The van der Waals surface area contributed by atoms with Crippen LogP contribution in [-0.2, 0) is 14.6 Å². The number of halogens is 1. The summed E-state index contributed by atoms with van der Waals surface area (Å²) in [5.74, 6) is -0.182. The average Bonchev–Trinajstić information content (AvgIpc) is 3.21. The van der Waals surface area contributed by atoms with E-state index < -0.39 is 15.8 Å². The molecule has 1 aromatic heterocycles. The van der Waals surface area contributed by atoms with Crippen LogP contribution in [-0.4, -0.2) is 28.6 Å². The van der Waals surface area contributed by atoms with Crippen LogP contribution >= 0.6 is 11.6 Å². The van der Waals surface area contributed by atoms with Gasteiger partial charge in [0.1, 0.15) is 16.4 Å². The topological polar surface area (TPSA) is 82.8 Å². The van der Waals surface area contributed by atoms with Crippen molar-refractivity contribution in [1.82, 2.24) is 0 Å². The van der Waals surface area contributed by atoms with E-state index in [2.05, 4.69) is 4.74 Å². The minimum atomic E-state index is -4.01. The van der Waals surface area contributed by atoms with E-state index >= 15 is 0 Å². The zero-order valence-electron chi connectivity index (χ0n) is 15.6. The fourth-order valence-corrected chi connectivity index (χ4v) is 4.29. The highest BCUT2D eigenvalue weighted by Crippen LogP contribution is 2.32. The zero-order chi connectivity index (χ0) is 21.0. The normalized spacial score (nSPS) is 11.9. The molecule has 0 spiro atoms. The summed E-state index contributed by atoms with van der Waals surface area (Å²) >= 11 is 5.98. The monoisotopic (exact) mass is 432 g/mol. The number of sulfone groups is 1. The second-order valence-corrected chi connectivity index (χ2v) is 8.25. The number of hydrogen-bond acceptors (Lipinski definition) is 6. The number of esters is 1. The van der Waals surface area contributed by atoms with Crippen LogP contribution in [0.2, 0.25) is 5.02 Å². The van der Waals surface area contributed by atoms with Crippen LogP contribution in [0, 0.1) is 0 Å². The standard InChI is InChI=1S/C21H17ClO6S/c1-26-16-8-6-14(7-9-16)12-20(18-10-11-19(28-18)21(23)27-2)29(24,25)17-5-3-4-15(22)13-17/h3-13H,1-2H3/b20-12+. The molecular formula is C21H17ClO6S.